The lowest BCUT2D eigenvalue weighted by Gasteiger charge is -2.44. The lowest BCUT2D eigenvalue weighted by atomic mass is 9.95. The Bertz CT molecular complexity index is 246. The summed E-state index contributed by atoms with van der Waals surface area (Å²) in [6, 6.07) is 0.320. The van der Waals surface area contributed by atoms with Crippen LogP contribution in [0.2, 0.25) is 0 Å². The summed E-state index contributed by atoms with van der Waals surface area (Å²) in [4.78, 5) is 14.4. The molecule has 94 valence electrons. The summed E-state index contributed by atoms with van der Waals surface area (Å²) in [5.74, 6) is 0.545. The molecule has 1 aliphatic heterocycles. The molecule has 3 nitrogen and oxygen atoms in total. The van der Waals surface area contributed by atoms with E-state index in [2.05, 4.69) is 44.8 Å². The second-order valence-corrected chi connectivity index (χ2v) is 5.59. The summed E-state index contributed by atoms with van der Waals surface area (Å²) in [6.07, 6.45) is 1.90. The SMILES string of the molecule is CCC(CC)C(=O)N1CC(C)(C)NCC1C. The summed E-state index contributed by atoms with van der Waals surface area (Å²) >= 11 is 0. The van der Waals surface area contributed by atoms with Crippen molar-refractivity contribution in [1.82, 2.24) is 10.2 Å². The first-order valence-corrected chi connectivity index (χ1v) is 6.46. The fourth-order valence-electron chi connectivity index (χ4n) is 2.34. The third-order valence-electron chi connectivity index (χ3n) is 3.59. The van der Waals surface area contributed by atoms with Gasteiger partial charge in [-0.15, -0.1) is 0 Å². The summed E-state index contributed by atoms with van der Waals surface area (Å²) in [5, 5.41) is 3.47. The highest BCUT2D eigenvalue weighted by atomic mass is 16.2. The summed E-state index contributed by atoms with van der Waals surface area (Å²) < 4.78 is 0. The predicted octanol–water partition coefficient (Wildman–Crippen LogP) is 2.02. The van der Waals surface area contributed by atoms with E-state index in [0.29, 0.717) is 11.9 Å². The predicted molar refractivity (Wildman–Crippen MR) is 67.3 cm³/mol. The van der Waals surface area contributed by atoms with E-state index in [1.165, 1.54) is 0 Å². The van der Waals surface area contributed by atoms with Crippen molar-refractivity contribution >= 4 is 5.91 Å². The fourth-order valence-corrected chi connectivity index (χ4v) is 2.34. The lowest BCUT2D eigenvalue weighted by molar-refractivity contribution is -0.140. The van der Waals surface area contributed by atoms with Gasteiger partial charge in [0, 0.05) is 30.6 Å². The molecule has 3 heteroatoms. The van der Waals surface area contributed by atoms with Crippen LogP contribution in [0.25, 0.3) is 0 Å². The van der Waals surface area contributed by atoms with E-state index in [1.807, 2.05) is 0 Å². The van der Waals surface area contributed by atoms with Gasteiger partial charge in [-0.3, -0.25) is 4.79 Å². The fraction of sp³-hybridized carbons (Fsp3) is 0.923. The standard InChI is InChI=1S/C13H26N2O/c1-6-11(7-2)12(16)15-9-13(4,5)14-8-10(15)3/h10-11,14H,6-9H2,1-5H3. The Hall–Kier alpha value is -0.570. The molecule has 0 aromatic rings. The van der Waals surface area contributed by atoms with Crippen LogP contribution >= 0.6 is 0 Å². The van der Waals surface area contributed by atoms with Gasteiger partial charge >= 0.3 is 0 Å². The maximum absolute atomic E-state index is 12.4. The van der Waals surface area contributed by atoms with Crippen LogP contribution in [0.4, 0.5) is 0 Å². The van der Waals surface area contributed by atoms with Gasteiger partial charge < -0.3 is 10.2 Å². The first kappa shape index (κ1) is 13.5. The minimum Gasteiger partial charge on any atom is -0.337 e. The van der Waals surface area contributed by atoms with Gasteiger partial charge in [-0.05, 0) is 33.6 Å². The largest absolute Gasteiger partial charge is 0.337 e. The molecule has 1 fully saturated rings. The number of piperazine rings is 1. The van der Waals surface area contributed by atoms with E-state index < -0.39 is 0 Å². The molecule has 0 aromatic carbocycles. The molecule has 0 aliphatic carbocycles. The smallest absolute Gasteiger partial charge is 0.226 e. The molecular formula is C13H26N2O. The zero-order valence-electron chi connectivity index (χ0n) is 11.3. The number of hydrogen-bond donors (Lipinski definition) is 1. The van der Waals surface area contributed by atoms with Gasteiger partial charge in [-0.1, -0.05) is 13.8 Å². The van der Waals surface area contributed by atoms with Crippen molar-refractivity contribution in [2.75, 3.05) is 13.1 Å². The topological polar surface area (TPSA) is 32.3 Å². The number of nitrogens with zero attached hydrogens (tertiary/aromatic N) is 1. The van der Waals surface area contributed by atoms with E-state index in [9.17, 15) is 4.79 Å². The van der Waals surface area contributed by atoms with Crippen LogP contribution in [0.5, 0.6) is 0 Å². The second kappa shape index (κ2) is 5.17. The van der Waals surface area contributed by atoms with Crippen molar-refractivity contribution in [3.05, 3.63) is 0 Å². The van der Waals surface area contributed by atoms with Gasteiger partial charge in [0.15, 0.2) is 0 Å². The molecule has 1 rings (SSSR count). The van der Waals surface area contributed by atoms with Gasteiger partial charge in [0.2, 0.25) is 5.91 Å². The van der Waals surface area contributed by atoms with Crippen LogP contribution in [0.1, 0.15) is 47.5 Å². The first-order chi connectivity index (χ1) is 7.41. The normalized spacial score (nSPS) is 24.9. The summed E-state index contributed by atoms with van der Waals surface area (Å²) in [5.41, 5.74) is 0.0498. The van der Waals surface area contributed by atoms with Crippen molar-refractivity contribution < 1.29 is 4.79 Å². The zero-order chi connectivity index (χ0) is 12.3. The van der Waals surface area contributed by atoms with E-state index in [4.69, 9.17) is 0 Å². The molecule has 16 heavy (non-hydrogen) atoms. The molecular weight excluding hydrogens is 200 g/mol. The van der Waals surface area contributed by atoms with Gasteiger partial charge in [-0.2, -0.15) is 0 Å². The molecule has 1 heterocycles. The van der Waals surface area contributed by atoms with Crippen molar-refractivity contribution in [1.29, 1.82) is 0 Å². The quantitative estimate of drug-likeness (QED) is 0.798. The highest BCUT2D eigenvalue weighted by Crippen LogP contribution is 2.20. The number of rotatable bonds is 3. The third-order valence-corrected chi connectivity index (χ3v) is 3.59. The van der Waals surface area contributed by atoms with Crippen molar-refractivity contribution in [2.24, 2.45) is 5.92 Å². The molecule has 1 unspecified atom stereocenters. The first-order valence-electron chi connectivity index (χ1n) is 6.46. The number of carbonyl (C=O) groups excluding carboxylic acids is 1. The average molecular weight is 226 g/mol. The number of amides is 1. The molecule has 0 radical (unpaired) electrons. The van der Waals surface area contributed by atoms with Gasteiger partial charge in [-0.25, -0.2) is 0 Å². The second-order valence-electron chi connectivity index (χ2n) is 5.59. The molecule has 1 atom stereocenters. The van der Waals surface area contributed by atoms with E-state index in [0.717, 1.165) is 25.9 Å². The maximum Gasteiger partial charge on any atom is 0.226 e. The maximum atomic E-state index is 12.4. The Labute approximate surface area is 99.6 Å². The number of nitrogens with one attached hydrogen (secondary N) is 1. The molecule has 0 aromatic heterocycles. The molecule has 1 saturated heterocycles. The number of hydrogen-bond acceptors (Lipinski definition) is 2. The molecule has 1 N–H and O–H groups in total. The molecule has 0 bridgehead atoms. The van der Waals surface area contributed by atoms with Crippen LogP contribution in [0, 0.1) is 5.92 Å². The Morgan fingerprint density at radius 1 is 1.44 bits per heavy atom. The Kier molecular flexibility index (Phi) is 4.36. The van der Waals surface area contributed by atoms with Crippen LogP contribution < -0.4 is 5.32 Å². The lowest BCUT2D eigenvalue weighted by Crippen LogP contribution is -2.62. The zero-order valence-corrected chi connectivity index (χ0v) is 11.3. The van der Waals surface area contributed by atoms with Crippen LogP contribution in [-0.4, -0.2) is 35.5 Å². The summed E-state index contributed by atoms with van der Waals surface area (Å²) in [7, 11) is 0. The van der Waals surface area contributed by atoms with E-state index in [1.54, 1.807) is 0 Å². The molecule has 1 amide bonds. The monoisotopic (exact) mass is 226 g/mol. The van der Waals surface area contributed by atoms with Crippen LogP contribution in [0.15, 0.2) is 0 Å². The highest BCUT2D eigenvalue weighted by Gasteiger charge is 2.34. The molecule has 0 spiro atoms. The minimum absolute atomic E-state index is 0.0498. The van der Waals surface area contributed by atoms with Gasteiger partial charge in [0.05, 0.1) is 0 Å². The Morgan fingerprint density at radius 3 is 2.50 bits per heavy atom. The van der Waals surface area contributed by atoms with E-state index >= 15 is 0 Å². The van der Waals surface area contributed by atoms with E-state index in [-0.39, 0.29) is 11.5 Å². The molecule has 1 aliphatic rings. The van der Waals surface area contributed by atoms with Crippen molar-refractivity contribution in [3.63, 3.8) is 0 Å². The number of carbonyl (C=O) groups is 1. The Balaban J connectivity index is 2.73. The third kappa shape index (κ3) is 2.97. The van der Waals surface area contributed by atoms with Crippen LogP contribution in [-0.2, 0) is 4.79 Å². The minimum atomic E-state index is 0.0498. The summed E-state index contributed by atoms with van der Waals surface area (Å²) in [6.45, 7) is 12.4. The highest BCUT2D eigenvalue weighted by molar-refractivity contribution is 5.79. The molecule has 0 saturated carbocycles. The van der Waals surface area contributed by atoms with Crippen molar-refractivity contribution in [2.45, 2.75) is 59.0 Å². The Morgan fingerprint density at radius 2 is 2.00 bits per heavy atom. The van der Waals surface area contributed by atoms with Gasteiger partial charge in [0.1, 0.15) is 0 Å². The average Bonchev–Trinajstić information content (AvgIpc) is 2.23. The van der Waals surface area contributed by atoms with Crippen molar-refractivity contribution in [3.8, 4) is 0 Å². The van der Waals surface area contributed by atoms with Gasteiger partial charge in [0.25, 0.3) is 0 Å². The van der Waals surface area contributed by atoms with Crippen LogP contribution in [0.3, 0.4) is 0 Å².